The molecule has 2 aromatic heterocycles. The van der Waals surface area contributed by atoms with E-state index in [0.717, 1.165) is 33.5 Å². The second-order valence-corrected chi connectivity index (χ2v) is 7.36. The molecule has 0 saturated heterocycles. The number of halogens is 1. The van der Waals surface area contributed by atoms with Crippen molar-refractivity contribution in [3.05, 3.63) is 63.5 Å². The minimum Gasteiger partial charge on any atom is -0.306 e. The molecule has 6 heteroatoms. The maximum absolute atomic E-state index is 13.4. The molecule has 0 radical (unpaired) electrons. The number of pyridine rings is 1. The first-order chi connectivity index (χ1) is 12.5. The summed E-state index contributed by atoms with van der Waals surface area (Å²) in [4.78, 5) is 31.4. The molecule has 4 rings (SSSR count). The molecule has 0 atom stereocenters. The Balaban J connectivity index is 1.80. The maximum Gasteiger partial charge on any atom is 0.277 e. The van der Waals surface area contributed by atoms with Gasteiger partial charge in [-0.2, -0.15) is 0 Å². The number of benzene rings is 1. The monoisotopic (exact) mass is 411 g/mol. The zero-order valence-corrected chi connectivity index (χ0v) is 16.2. The Morgan fingerprint density at radius 3 is 2.77 bits per heavy atom. The van der Waals surface area contributed by atoms with E-state index < -0.39 is 0 Å². The second kappa shape index (κ2) is 6.36. The van der Waals surface area contributed by atoms with Crippen LogP contribution < -0.4 is 4.90 Å². The third-order valence-electron chi connectivity index (χ3n) is 4.82. The van der Waals surface area contributed by atoms with Crippen LogP contribution in [0.5, 0.6) is 0 Å². The fraction of sp³-hybridized carbons (Fsp3) is 0.250. The molecule has 3 heterocycles. The number of ketones is 1. The first kappa shape index (κ1) is 17.0. The van der Waals surface area contributed by atoms with Crippen molar-refractivity contribution in [3.8, 4) is 0 Å². The average Bonchev–Trinajstić information content (AvgIpc) is 3.21. The van der Waals surface area contributed by atoms with E-state index in [0.29, 0.717) is 24.2 Å². The molecule has 1 aliphatic rings. The predicted molar refractivity (Wildman–Crippen MR) is 104 cm³/mol. The summed E-state index contributed by atoms with van der Waals surface area (Å²) in [6.07, 6.45) is 3.32. The fourth-order valence-corrected chi connectivity index (χ4v) is 3.84. The van der Waals surface area contributed by atoms with Gasteiger partial charge in [-0.3, -0.25) is 14.0 Å². The Labute approximate surface area is 159 Å². The Bertz CT molecular complexity index is 1050. The van der Waals surface area contributed by atoms with Crippen LogP contribution in [0.1, 0.15) is 46.0 Å². The quantitative estimate of drug-likeness (QED) is 0.610. The lowest BCUT2D eigenvalue weighted by atomic mass is 10.1. The van der Waals surface area contributed by atoms with Gasteiger partial charge in [0.2, 0.25) is 0 Å². The Kier molecular flexibility index (Phi) is 4.15. The Morgan fingerprint density at radius 2 is 2.04 bits per heavy atom. The first-order valence-electron chi connectivity index (χ1n) is 8.61. The Morgan fingerprint density at radius 1 is 1.23 bits per heavy atom. The summed E-state index contributed by atoms with van der Waals surface area (Å²) in [6, 6.07) is 9.39. The van der Waals surface area contributed by atoms with Crippen molar-refractivity contribution in [2.24, 2.45) is 0 Å². The van der Waals surface area contributed by atoms with E-state index in [4.69, 9.17) is 0 Å². The molecular formula is C20H18BrN3O2. The van der Waals surface area contributed by atoms with Crippen LogP contribution in [0.2, 0.25) is 0 Å². The van der Waals surface area contributed by atoms with E-state index in [2.05, 4.69) is 20.9 Å². The number of hydrogen-bond acceptors (Lipinski definition) is 3. The topological polar surface area (TPSA) is 54.7 Å². The molecule has 26 heavy (non-hydrogen) atoms. The number of amides is 1. The van der Waals surface area contributed by atoms with Crippen LogP contribution in [0, 0.1) is 0 Å². The van der Waals surface area contributed by atoms with Gasteiger partial charge in [-0.1, -0.05) is 6.92 Å². The molecule has 0 bridgehead atoms. The number of nitrogens with zero attached hydrogens (tertiary/aromatic N) is 3. The van der Waals surface area contributed by atoms with Gasteiger partial charge >= 0.3 is 0 Å². The summed E-state index contributed by atoms with van der Waals surface area (Å²) in [7, 11) is 0. The van der Waals surface area contributed by atoms with Crippen molar-refractivity contribution in [1.29, 1.82) is 0 Å². The van der Waals surface area contributed by atoms with Crippen LogP contribution in [-0.2, 0) is 12.8 Å². The van der Waals surface area contributed by atoms with E-state index in [-0.39, 0.29) is 11.7 Å². The van der Waals surface area contributed by atoms with Crippen molar-refractivity contribution in [2.45, 2.75) is 26.7 Å². The van der Waals surface area contributed by atoms with Gasteiger partial charge in [0.05, 0.1) is 5.69 Å². The van der Waals surface area contributed by atoms with Gasteiger partial charge in [0.1, 0.15) is 11.3 Å². The minimum absolute atomic E-state index is 0.0393. The predicted octanol–water partition coefficient (Wildman–Crippen LogP) is 4.06. The lowest BCUT2D eigenvalue weighted by molar-refractivity contribution is 0.0981. The van der Waals surface area contributed by atoms with Gasteiger partial charge in [-0.15, -0.1) is 0 Å². The number of anilines is 1. The Hall–Kier alpha value is -2.47. The van der Waals surface area contributed by atoms with Gasteiger partial charge in [0.25, 0.3) is 5.91 Å². The van der Waals surface area contributed by atoms with E-state index >= 15 is 0 Å². The fourth-order valence-electron chi connectivity index (χ4n) is 3.50. The number of aromatic nitrogens is 2. The van der Waals surface area contributed by atoms with Crippen molar-refractivity contribution in [3.63, 3.8) is 0 Å². The number of aryl methyl sites for hydroxylation is 1. The van der Waals surface area contributed by atoms with E-state index in [1.165, 1.54) is 0 Å². The molecular weight excluding hydrogens is 394 g/mol. The molecule has 0 saturated carbocycles. The third-order valence-corrected chi connectivity index (χ3v) is 5.29. The van der Waals surface area contributed by atoms with Gasteiger partial charge in [0.15, 0.2) is 5.78 Å². The van der Waals surface area contributed by atoms with Gasteiger partial charge in [-0.25, -0.2) is 4.98 Å². The largest absolute Gasteiger partial charge is 0.306 e. The number of rotatable bonds is 3. The van der Waals surface area contributed by atoms with Gasteiger partial charge < -0.3 is 4.90 Å². The van der Waals surface area contributed by atoms with Gasteiger partial charge in [0, 0.05) is 28.5 Å². The maximum atomic E-state index is 13.4. The van der Waals surface area contributed by atoms with E-state index in [1.807, 2.05) is 41.8 Å². The molecule has 0 spiro atoms. The number of carbonyl (C=O) groups is 2. The third kappa shape index (κ3) is 2.65. The molecule has 0 N–H and O–H groups in total. The van der Waals surface area contributed by atoms with E-state index in [1.54, 1.807) is 17.9 Å². The summed E-state index contributed by atoms with van der Waals surface area (Å²) in [5, 5.41) is 0. The lowest BCUT2D eigenvalue weighted by Gasteiger charge is -2.18. The molecule has 132 valence electrons. The average molecular weight is 412 g/mol. The standard InChI is InChI=1S/C20H18BrN3O2/c1-3-16-19(24-11-15(21)5-7-18(24)22-16)20(26)23-9-8-14-10-13(12(2)25)4-6-17(14)23/h4-7,10-11H,3,8-9H2,1-2H3. The summed E-state index contributed by atoms with van der Waals surface area (Å²) in [5.41, 5.74) is 4.77. The highest BCUT2D eigenvalue weighted by Crippen LogP contribution is 2.31. The highest BCUT2D eigenvalue weighted by atomic mass is 79.9. The molecule has 0 unspecified atom stereocenters. The number of carbonyl (C=O) groups excluding carboxylic acids is 2. The van der Waals surface area contributed by atoms with Gasteiger partial charge in [-0.05, 0) is 71.6 Å². The molecule has 0 aliphatic carbocycles. The molecule has 3 aromatic rings. The van der Waals surface area contributed by atoms with Crippen molar-refractivity contribution in [2.75, 3.05) is 11.4 Å². The SMILES string of the molecule is CCc1nc2ccc(Br)cn2c1C(=O)N1CCc2cc(C(C)=O)ccc21. The number of Topliss-reactive ketones (excluding diaryl/α,β-unsaturated/α-hetero) is 1. The smallest absolute Gasteiger partial charge is 0.277 e. The second-order valence-electron chi connectivity index (χ2n) is 6.44. The zero-order valence-electron chi connectivity index (χ0n) is 14.6. The van der Waals surface area contributed by atoms with E-state index in [9.17, 15) is 9.59 Å². The van der Waals surface area contributed by atoms with Crippen LogP contribution in [0.4, 0.5) is 5.69 Å². The number of imidazole rings is 1. The molecule has 5 nitrogen and oxygen atoms in total. The van der Waals surface area contributed by atoms with Crippen LogP contribution in [0.15, 0.2) is 41.0 Å². The van der Waals surface area contributed by atoms with Crippen LogP contribution >= 0.6 is 15.9 Å². The van der Waals surface area contributed by atoms with Crippen molar-refractivity contribution >= 4 is 39.0 Å². The first-order valence-corrected chi connectivity index (χ1v) is 9.41. The molecule has 1 amide bonds. The summed E-state index contributed by atoms with van der Waals surface area (Å²) >= 11 is 3.47. The summed E-state index contributed by atoms with van der Waals surface area (Å²) < 4.78 is 2.75. The molecule has 1 aromatic carbocycles. The van der Waals surface area contributed by atoms with Crippen LogP contribution in [-0.4, -0.2) is 27.6 Å². The summed E-state index contributed by atoms with van der Waals surface area (Å²) in [6.45, 7) is 4.17. The summed E-state index contributed by atoms with van der Waals surface area (Å²) in [5.74, 6) is -0.0146. The molecule has 0 fully saturated rings. The highest BCUT2D eigenvalue weighted by Gasteiger charge is 2.30. The number of hydrogen-bond donors (Lipinski definition) is 0. The van der Waals surface area contributed by atoms with Crippen LogP contribution in [0.3, 0.4) is 0 Å². The van der Waals surface area contributed by atoms with Crippen molar-refractivity contribution < 1.29 is 9.59 Å². The molecule has 1 aliphatic heterocycles. The minimum atomic E-state index is -0.0539. The highest BCUT2D eigenvalue weighted by molar-refractivity contribution is 9.10. The van der Waals surface area contributed by atoms with Crippen molar-refractivity contribution in [1.82, 2.24) is 9.38 Å². The lowest BCUT2D eigenvalue weighted by Crippen LogP contribution is -2.30. The van der Waals surface area contributed by atoms with Crippen LogP contribution in [0.25, 0.3) is 5.65 Å². The number of fused-ring (bicyclic) bond motifs is 2. The normalized spacial score (nSPS) is 13.3. The zero-order chi connectivity index (χ0) is 18.4.